The summed E-state index contributed by atoms with van der Waals surface area (Å²) in [7, 11) is -0.408. The van der Waals surface area contributed by atoms with Gasteiger partial charge in [0.2, 0.25) is 10.0 Å². The van der Waals surface area contributed by atoms with Crippen LogP contribution >= 0.6 is 23.2 Å². The number of halogens is 2. The molecular formula is C15H16Cl2N2O2S. The van der Waals surface area contributed by atoms with Crippen molar-refractivity contribution in [3.63, 3.8) is 0 Å². The van der Waals surface area contributed by atoms with Crippen LogP contribution in [0.4, 0.5) is 5.69 Å². The lowest BCUT2D eigenvalue weighted by Crippen LogP contribution is -2.22. The van der Waals surface area contributed by atoms with Gasteiger partial charge in [-0.1, -0.05) is 35.3 Å². The first kappa shape index (κ1) is 17.1. The monoisotopic (exact) mass is 358 g/mol. The molecule has 0 aliphatic rings. The Kier molecular flexibility index (Phi) is 5.34. The molecule has 4 nitrogen and oxygen atoms in total. The van der Waals surface area contributed by atoms with Crippen molar-refractivity contribution in [3.05, 3.63) is 58.1 Å². The highest BCUT2D eigenvalue weighted by Crippen LogP contribution is 2.25. The van der Waals surface area contributed by atoms with Gasteiger partial charge in [-0.15, -0.1) is 0 Å². The van der Waals surface area contributed by atoms with Gasteiger partial charge in [0.25, 0.3) is 0 Å². The Bertz CT molecular complexity index is 777. The van der Waals surface area contributed by atoms with Crippen molar-refractivity contribution in [2.45, 2.75) is 11.4 Å². The fourth-order valence-electron chi connectivity index (χ4n) is 1.84. The molecule has 0 unspecified atom stereocenters. The van der Waals surface area contributed by atoms with Crippen molar-refractivity contribution < 1.29 is 8.42 Å². The normalized spacial score (nSPS) is 11.7. The molecule has 0 spiro atoms. The average molecular weight is 359 g/mol. The Balaban J connectivity index is 2.16. The van der Waals surface area contributed by atoms with Crippen LogP contribution in [0.25, 0.3) is 0 Å². The van der Waals surface area contributed by atoms with E-state index in [1.807, 2.05) is 12.1 Å². The maximum absolute atomic E-state index is 12.1. The zero-order valence-electron chi connectivity index (χ0n) is 12.2. The summed E-state index contributed by atoms with van der Waals surface area (Å²) in [5.41, 5.74) is 1.67. The summed E-state index contributed by atoms with van der Waals surface area (Å²) < 4.78 is 25.4. The number of nitrogens with zero attached hydrogens (tertiary/aromatic N) is 1. The molecule has 0 aromatic heterocycles. The molecule has 0 radical (unpaired) electrons. The Labute approximate surface area is 140 Å². The number of sulfonamides is 1. The maximum atomic E-state index is 12.1. The first-order chi connectivity index (χ1) is 10.3. The summed E-state index contributed by atoms with van der Waals surface area (Å²) in [6.07, 6.45) is 0. The molecule has 118 valence electrons. The third-order valence-corrected chi connectivity index (χ3v) is 5.64. The van der Waals surface area contributed by atoms with Crippen LogP contribution in [0.2, 0.25) is 10.0 Å². The molecule has 0 atom stereocenters. The van der Waals surface area contributed by atoms with E-state index in [2.05, 4.69) is 5.32 Å². The van der Waals surface area contributed by atoms with Crippen molar-refractivity contribution in [3.8, 4) is 0 Å². The topological polar surface area (TPSA) is 49.4 Å². The van der Waals surface area contributed by atoms with E-state index < -0.39 is 10.0 Å². The van der Waals surface area contributed by atoms with Crippen LogP contribution in [0.5, 0.6) is 0 Å². The minimum atomic E-state index is -3.43. The lowest BCUT2D eigenvalue weighted by Gasteiger charge is -2.13. The Morgan fingerprint density at radius 2 is 1.77 bits per heavy atom. The van der Waals surface area contributed by atoms with Gasteiger partial charge in [-0.25, -0.2) is 12.7 Å². The second-order valence-electron chi connectivity index (χ2n) is 4.92. The van der Waals surface area contributed by atoms with Gasteiger partial charge in [-0.05, 0) is 35.9 Å². The Morgan fingerprint density at radius 3 is 2.41 bits per heavy atom. The highest BCUT2D eigenvalue weighted by Gasteiger charge is 2.16. The highest BCUT2D eigenvalue weighted by atomic mass is 35.5. The van der Waals surface area contributed by atoms with Crippen LogP contribution in [0.3, 0.4) is 0 Å². The summed E-state index contributed by atoms with van der Waals surface area (Å²) >= 11 is 11.8. The number of hydrogen-bond acceptors (Lipinski definition) is 3. The van der Waals surface area contributed by atoms with Gasteiger partial charge in [0.15, 0.2) is 0 Å². The molecule has 0 amide bonds. The van der Waals surface area contributed by atoms with Crippen LogP contribution in [-0.4, -0.2) is 26.8 Å². The van der Waals surface area contributed by atoms with E-state index >= 15 is 0 Å². The van der Waals surface area contributed by atoms with E-state index in [1.165, 1.54) is 18.4 Å². The lowest BCUT2D eigenvalue weighted by molar-refractivity contribution is 0.520. The minimum absolute atomic E-state index is 0.269. The second kappa shape index (κ2) is 6.87. The first-order valence-electron chi connectivity index (χ1n) is 6.51. The minimum Gasteiger partial charge on any atom is -0.381 e. The lowest BCUT2D eigenvalue weighted by atomic mass is 10.2. The van der Waals surface area contributed by atoms with Crippen LogP contribution in [0.15, 0.2) is 47.4 Å². The molecule has 2 aromatic rings. The van der Waals surface area contributed by atoms with E-state index in [0.29, 0.717) is 16.6 Å². The highest BCUT2D eigenvalue weighted by molar-refractivity contribution is 7.89. The van der Waals surface area contributed by atoms with E-state index in [1.54, 1.807) is 30.3 Å². The second-order valence-corrected chi connectivity index (χ2v) is 7.88. The molecule has 0 heterocycles. The molecular weight excluding hydrogens is 343 g/mol. The van der Waals surface area contributed by atoms with Gasteiger partial charge in [0.05, 0.1) is 14.9 Å². The predicted molar refractivity (Wildman–Crippen MR) is 91.1 cm³/mol. The van der Waals surface area contributed by atoms with Crippen molar-refractivity contribution in [1.29, 1.82) is 0 Å². The Morgan fingerprint density at radius 1 is 1.05 bits per heavy atom. The number of hydrogen-bond donors (Lipinski definition) is 1. The number of benzene rings is 2. The molecule has 0 saturated heterocycles. The number of nitrogens with one attached hydrogen (secondary N) is 1. The van der Waals surface area contributed by atoms with Crippen LogP contribution in [0, 0.1) is 0 Å². The molecule has 0 fully saturated rings. The summed E-state index contributed by atoms with van der Waals surface area (Å²) in [5.74, 6) is 0. The average Bonchev–Trinajstić information content (AvgIpc) is 2.48. The number of anilines is 1. The summed E-state index contributed by atoms with van der Waals surface area (Å²) in [4.78, 5) is 0.269. The third kappa shape index (κ3) is 3.93. The van der Waals surface area contributed by atoms with E-state index in [-0.39, 0.29) is 4.90 Å². The Hall–Kier alpha value is -1.27. The predicted octanol–water partition coefficient (Wildman–Crippen LogP) is 3.86. The zero-order chi connectivity index (χ0) is 16.3. The quantitative estimate of drug-likeness (QED) is 0.882. The van der Waals surface area contributed by atoms with E-state index in [9.17, 15) is 8.42 Å². The molecule has 22 heavy (non-hydrogen) atoms. The molecule has 7 heteroatoms. The molecule has 0 saturated carbocycles. The molecule has 0 bridgehead atoms. The van der Waals surface area contributed by atoms with Gasteiger partial charge < -0.3 is 5.32 Å². The molecule has 0 aliphatic heterocycles. The maximum Gasteiger partial charge on any atom is 0.242 e. The van der Waals surface area contributed by atoms with Crippen molar-refractivity contribution in [2.24, 2.45) is 0 Å². The van der Waals surface area contributed by atoms with Crippen molar-refractivity contribution in [1.82, 2.24) is 4.31 Å². The first-order valence-corrected chi connectivity index (χ1v) is 8.70. The summed E-state index contributed by atoms with van der Waals surface area (Å²) in [5, 5.41) is 4.15. The fraction of sp³-hybridized carbons (Fsp3) is 0.200. The van der Waals surface area contributed by atoms with Crippen molar-refractivity contribution >= 4 is 38.9 Å². The van der Waals surface area contributed by atoms with Crippen LogP contribution in [-0.2, 0) is 16.6 Å². The van der Waals surface area contributed by atoms with Gasteiger partial charge in [-0.2, -0.15) is 0 Å². The van der Waals surface area contributed by atoms with Crippen LogP contribution in [0.1, 0.15) is 5.56 Å². The summed E-state index contributed by atoms with van der Waals surface area (Å²) in [6, 6.07) is 12.1. The fourth-order valence-corrected chi connectivity index (χ4v) is 3.11. The van der Waals surface area contributed by atoms with Crippen molar-refractivity contribution in [2.75, 3.05) is 19.4 Å². The molecule has 2 rings (SSSR count). The summed E-state index contributed by atoms with van der Waals surface area (Å²) in [6.45, 7) is 0.481. The van der Waals surface area contributed by atoms with E-state index in [0.717, 1.165) is 11.3 Å². The van der Waals surface area contributed by atoms with E-state index in [4.69, 9.17) is 23.2 Å². The molecule has 2 aromatic carbocycles. The largest absolute Gasteiger partial charge is 0.381 e. The van der Waals surface area contributed by atoms with Crippen LogP contribution < -0.4 is 5.32 Å². The zero-order valence-corrected chi connectivity index (χ0v) is 14.5. The van der Waals surface area contributed by atoms with Gasteiger partial charge in [0, 0.05) is 26.3 Å². The SMILES string of the molecule is CN(C)S(=O)(=O)c1cccc(CNc2ccc(Cl)c(Cl)c2)c1. The van der Waals surface area contributed by atoms with Gasteiger partial charge in [-0.3, -0.25) is 0 Å². The molecule has 1 N–H and O–H groups in total. The smallest absolute Gasteiger partial charge is 0.242 e. The van der Waals surface area contributed by atoms with Gasteiger partial charge >= 0.3 is 0 Å². The van der Waals surface area contributed by atoms with Gasteiger partial charge in [0.1, 0.15) is 0 Å². The standard InChI is InChI=1S/C15H16Cl2N2O2S/c1-19(2)22(20,21)13-5-3-4-11(8-13)10-18-12-6-7-14(16)15(17)9-12/h3-9,18H,10H2,1-2H3. The molecule has 0 aliphatic carbocycles. The third-order valence-electron chi connectivity index (χ3n) is 3.09. The number of rotatable bonds is 5.